The van der Waals surface area contributed by atoms with Crippen molar-refractivity contribution in [3.63, 3.8) is 0 Å². The maximum atomic E-state index is 12.4. The van der Waals surface area contributed by atoms with Crippen LogP contribution in [0.1, 0.15) is 24.2 Å². The SMILES string of the molecule is C=C(C)COc1ccc(NC(=S)NC(=O)c2cccc(OCCOCC)c2)cc1. The molecule has 0 saturated carbocycles. The van der Waals surface area contributed by atoms with Crippen molar-refractivity contribution in [1.29, 1.82) is 0 Å². The Morgan fingerprint density at radius 1 is 1.07 bits per heavy atom. The predicted octanol–water partition coefficient (Wildman–Crippen LogP) is 4.18. The third kappa shape index (κ3) is 8.33. The monoisotopic (exact) mass is 414 g/mol. The lowest BCUT2D eigenvalue weighted by atomic mass is 10.2. The Labute approximate surface area is 176 Å². The molecule has 154 valence electrons. The molecule has 0 aliphatic carbocycles. The zero-order valence-corrected chi connectivity index (χ0v) is 17.5. The van der Waals surface area contributed by atoms with Gasteiger partial charge in [-0.05, 0) is 74.1 Å². The van der Waals surface area contributed by atoms with Gasteiger partial charge in [-0.15, -0.1) is 0 Å². The maximum absolute atomic E-state index is 12.4. The summed E-state index contributed by atoms with van der Waals surface area (Å²) in [6.45, 7) is 9.65. The molecule has 2 rings (SSSR count). The molecule has 0 spiro atoms. The van der Waals surface area contributed by atoms with Crippen molar-refractivity contribution < 1.29 is 19.0 Å². The second kappa shape index (κ2) is 11.8. The number of nitrogens with one attached hydrogen (secondary N) is 2. The van der Waals surface area contributed by atoms with Gasteiger partial charge >= 0.3 is 0 Å². The van der Waals surface area contributed by atoms with Crippen molar-refractivity contribution in [2.75, 3.05) is 31.7 Å². The Morgan fingerprint density at radius 2 is 1.83 bits per heavy atom. The number of ether oxygens (including phenoxy) is 3. The minimum Gasteiger partial charge on any atom is -0.491 e. The normalized spacial score (nSPS) is 10.1. The Hall–Kier alpha value is -2.90. The van der Waals surface area contributed by atoms with Crippen LogP contribution < -0.4 is 20.1 Å². The molecule has 0 aromatic heterocycles. The van der Waals surface area contributed by atoms with Gasteiger partial charge in [-0.3, -0.25) is 10.1 Å². The van der Waals surface area contributed by atoms with E-state index in [-0.39, 0.29) is 11.0 Å². The lowest BCUT2D eigenvalue weighted by molar-refractivity contribution is 0.0976. The highest BCUT2D eigenvalue weighted by Gasteiger charge is 2.09. The van der Waals surface area contributed by atoms with Crippen LogP contribution in [-0.2, 0) is 4.74 Å². The van der Waals surface area contributed by atoms with Gasteiger partial charge in [-0.1, -0.05) is 12.6 Å². The summed E-state index contributed by atoms with van der Waals surface area (Å²) < 4.78 is 16.4. The molecule has 0 heterocycles. The number of carbonyl (C=O) groups excluding carboxylic acids is 1. The van der Waals surface area contributed by atoms with E-state index in [1.54, 1.807) is 24.3 Å². The van der Waals surface area contributed by atoms with Crippen molar-refractivity contribution in [2.45, 2.75) is 13.8 Å². The largest absolute Gasteiger partial charge is 0.491 e. The van der Waals surface area contributed by atoms with E-state index in [9.17, 15) is 4.79 Å². The Kier molecular flexibility index (Phi) is 9.14. The summed E-state index contributed by atoms with van der Waals surface area (Å²) in [5.41, 5.74) is 2.14. The average molecular weight is 415 g/mol. The zero-order valence-electron chi connectivity index (χ0n) is 16.7. The number of amides is 1. The molecule has 0 saturated heterocycles. The van der Waals surface area contributed by atoms with Gasteiger partial charge in [0.25, 0.3) is 5.91 Å². The Balaban J connectivity index is 1.85. The summed E-state index contributed by atoms with van der Waals surface area (Å²) in [7, 11) is 0. The third-order valence-electron chi connectivity index (χ3n) is 3.62. The summed E-state index contributed by atoms with van der Waals surface area (Å²) in [6, 6.07) is 14.2. The topological polar surface area (TPSA) is 68.8 Å². The van der Waals surface area contributed by atoms with Crippen LogP contribution in [0.4, 0.5) is 5.69 Å². The van der Waals surface area contributed by atoms with Crippen LogP contribution in [0.3, 0.4) is 0 Å². The number of carbonyl (C=O) groups is 1. The van der Waals surface area contributed by atoms with E-state index in [0.29, 0.717) is 37.7 Å². The molecule has 0 unspecified atom stereocenters. The van der Waals surface area contributed by atoms with Gasteiger partial charge in [0, 0.05) is 17.9 Å². The standard InChI is InChI=1S/C22H26N2O4S/c1-4-26-12-13-27-20-7-5-6-17(14-20)21(25)24-22(29)23-18-8-10-19(11-9-18)28-15-16(2)3/h5-11,14H,2,4,12-13,15H2,1,3H3,(H2,23,24,25,29). The van der Waals surface area contributed by atoms with Crippen LogP contribution in [0, 0.1) is 0 Å². The summed E-state index contributed by atoms with van der Waals surface area (Å²) in [5.74, 6) is 1.01. The van der Waals surface area contributed by atoms with Gasteiger partial charge in [0.05, 0.1) is 6.61 Å². The van der Waals surface area contributed by atoms with E-state index in [4.69, 9.17) is 26.4 Å². The van der Waals surface area contributed by atoms with Crippen molar-refractivity contribution in [3.8, 4) is 11.5 Å². The number of rotatable bonds is 10. The first-order valence-corrected chi connectivity index (χ1v) is 9.69. The Morgan fingerprint density at radius 3 is 2.52 bits per heavy atom. The van der Waals surface area contributed by atoms with E-state index in [1.807, 2.05) is 38.1 Å². The number of anilines is 1. The highest BCUT2D eigenvalue weighted by atomic mass is 32.1. The first kappa shape index (κ1) is 22.4. The summed E-state index contributed by atoms with van der Waals surface area (Å²) in [5, 5.41) is 5.84. The summed E-state index contributed by atoms with van der Waals surface area (Å²) in [6.07, 6.45) is 0. The molecule has 0 fully saturated rings. The van der Waals surface area contributed by atoms with Crippen molar-refractivity contribution >= 4 is 28.9 Å². The molecule has 2 N–H and O–H groups in total. The molecule has 0 radical (unpaired) electrons. The smallest absolute Gasteiger partial charge is 0.257 e. The molecule has 0 aliphatic heterocycles. The lowest BCUT2D eigenvalue weighted by Gasteiger charge is -2.12. The quantitative estimate of drug-likeness (QED) is 0.345. The highest BCUT2D eigenvalue weighted by Crippen LogP contribution is 2.17. The fraction of sp³-hybridized carbons (Fsp3) is 0.273. The fourth-order valence-corrected chi connectivity index (χ4v) is 2.48. The van der Waals surface area contributed by atoms with E-state index in [2.05, 4.69) is 17.2 Å². The molecular weight excluding hydrogens is 388 g/mol. The van der Waals surface area contributed by atoms with Crippen LogP contribution >= 0.6 is 12.2 Å². The molecule has 6 nitrogen and oxygen atoms in total. The van der Waals surface area contributed by atoms with Gasteiger partial charge in [0.15, 0.2) is 5.11 Å². The summed E-state index contributed by atoms with van der Waals surface area (Å²) >= 11 is 5.23. The number of thiocarbonyl (C=S) groups is 1. The van der Waals surface area contributed by atoms with Gasteiger partial charge in [0.2, 0.25) is 0 Å². The lowest BCUT2D eigenvalue weighted by Crippen LogP contribution is -2.34. The average Bonchev–Trinajstić information content (AvgIpc) is 2.71. The minimum atomic E-state index is -0.320. The zero-order chi connectivity index (χ0) is 21.1. The van der Waals surface area contributed by atoms with Crippen LogP contribution in [0.15, 0.2) is 60.7 Å². The number of hydrogen-bond acceptors (Lipinski definition) is 5. The van der Waals surface area contributed by atoms with Crippen molar-refractivity contribution in [1.82, 2.24) is 5.32 Å². The van der Waals surface area contributed by atoms with E-state index < -0.39 is 0 Å². The second-order valence-corrected chi connectivity index (χ2v) is 6.66. The minimum absolute atomic E-state index is 0.202. The molecule has 0 aliphatic rings. The van der Waals surface area contributed by atoms with Gasteiger partial charge in [0.1, 0.15) is 24.7 Å². The fourth-order valence-electron chi connectivity index (χ4n) is 2.27. The molecule has 0 bridgehead atoms. The number of hydrogen-bond donors (Lipinski definition) is 2. The molecule has 1 amide bonds. The predicted molar refractivity (Wildman–Crippen MR) is 119 cm³/mol. The first-order chi connectivity index (χ1) is 14.0. The van der Waals surface area contributed by atoms with E-state index in [1.165, 1.54) is 0 Å². The molecule has 7 heteroatoms. The van der Waals surface area contributed by atoms with E-state index >= 15 is 0 Å². The van der Waals surface area contributed by atoms with Gasteiger partial charge < -0.3 is 19.5 Å². The van der Waals surface area contributed by atoms with Gasteiger partial charge in [-0.2, -0.15) is 0 Å². The number of benzene rings is 2. The highest BCUT2D eigenvalue weighted by molar-refractivity contribution is 7.80. The van der Waals surface area contributed by atoms with Crippen LogP contribution in [0.5, 0.6) is 11.5 Å². The van der Waals surface area contributed by atoms with Crippen LogP contribution in [0.2, 0.25) is 0 Å². The van der Waals surface area contributed by atoms with Crippen LogP contribution in [0.25, 0.3) is 0 Å². The molecule has 2 aromatic carbocycles. The van der Waals surface area contributed by atoms with E-state index in [0.717, 1.165) is 17.0 Å². The van der Waals surface area contributed by atoms with Crippen molar-refractivity contribution in [2.24, 2.45) is 0 Å². The second-order valence-electron chi connectivity index (χ2n) is 6.25. The van der Waals surface area contributed by atoms with Crippen LogP contribution in [-0.4, -0.2) is 37.4 Å². The summed E-state index contributed by atoms with van der Waals surface area (Å²) in [4.78, 5) is 12.4. The first-order valence-electron chi connectivity index (χ1n) is 9.28. The van der Waals surface area contributed by atoms with Gasteiger partial charge in [-0.25, -0.2) is 0 Å². The Bertz CT molecular complexity index is 837. The molecule has 0 atom stereocenters. The maximum Gasteiger partial charge on any atom is 0.257 e. The molecule has 2 aromatic rings. The van der Waals surface area contributed by atoms with Crippen molar-refractivity contribution in [3.05, 3.63) is 66.2 Å². The third-order valence-corrected chi connectivity index (χ3v) is 3.83. The molecular formula is C22H26N2O4S. The molecule has 29 heavy (non-hydrogen) atoms.